The van der Waals surface area contributed by atoms with Crippen LogP contribution in [0.5, 0.6) is 5.75 Å². The molecular formula is C24H37FO3. The summed E-state index contributed by atoms with van der Waals surface area (Å²) in [7, 11) is 0. The van der Waals surface area contributed by atoms with Gasteiger partial charge in [0.15, 0.2) is 6.17 Å². The number of hydrogen-bond donors (Lipinski definition) is 0. The maximum Gasteiger partial charge on any atom is 0.340 e. The Hall–Kier alpha value is -1.58. The van der Waals surface area contributed by atoms with Gasteiger partial charge in [0.05, 0.1) is 6.61 Å². The van der Waals surface area contributed by atoms with Crippen molar-refractivity contribution in [3.8, 4) is 5.75 Å². The largest absolute Gasteiger partial charge is 0.494 e. The molecule has 1 aromatic carbocycles. The molecule has 4 heteroatoms. The Morgan fingerprint density at radius 3 is 2.32 bits per heavy atom. The van der Waals surface area contributed by atoms with E-state index in [2.05, 4.69) is 31.2 Å². The van der Waals surface area contributed by atoms with Crippen LogP contribution in [0.2, 0.25) is 0 Å². The lowest BCUT2D eigenvalue weighted by atomic mass is 9.83. The summed E-state index contributed by atoms with van der Waals surface area (Å²) in [5.74, 6) is 0.746. The second-order valence-corrected chi connectivity index (χ2v) is 8.00. The van der Waals surface area contributed by atoms with E-state index in [1.54, 1.807) is 0 Å². The fourth-order valence-electron chi connectivity index (χ4n) is 3.81. The van der Waals surface area contributed by atoms with Gasteiger partial charge in [0.1, 0.15) is 11.9 Å². The predicted octanol–water partition coefficient (Wildman–Crippen LogP) is 6.74. The number of hydrogen-bond acceptors (Lipinski definition) is 3. The van der Waals surface area contributed by atoms with Crippen LogP contribution >= 0.6 is 0 Å². The van der Waals surface area contributed by atoms with Crippen LogP contribution in [0.1, 0.15) is 96.0 Å². The van der Waals surface area contributed by atoms with Gasteiger partial charge in [-0.3, -0.25) is 0 Å². The molecule has 0 aliphatic heterocycles. The van der Waals surface area contributed by atoms with Gasteiger partial charge in [-0.25, -0.2) is 9.18 Å². The Labute approximate surface area is 170 Å². The van der Waals surface area contributed by atoms with Crippen molar-refractivity contribution in [3.05, 3.63) is 29.8 Å². The van der Waals surface area contributed by atoms with E-state index in [9.17, 15) is 9.18 Å². The monoisotopic (exact) mass is 392 g/mol. The molecule has 0 radical (unpaired) electrons. The van der Waals surface area contributed by atoms with E-state index < -0.39 is 12.1 Å². The predicted molar refractivity (Wildman–Crippen MR) is 112 cm³/mol. The van der Waals surface area contributed by atoms with Crippen molar-refractivity contribution in [2.24, 2.45) is 0 Å². The zero-order chi connectivity index (χ0) is 20.2. The lowest BCUT2D eigenvalue weighted by Gasteiger charge is -2.29. The minimum absolute atomic E-state index is 0.130. The fraction of sp³-hybridized carbons (Fsp3) is 0.708. The van der Waals surface area contributed by atoms with Crippen molar-refractivity contribution >= 4 is 5.97 Å². The van der Waals surface area contributed by atoms with E-state index >= 15 is 0 Å². The third kappa shape index (κ3) is 7.81. The summed E-state index contributed by atoms with van der Waals surface area (Å²) in [5, 5.41) is 0. The molecule has 1 aromatic rings. The molecule has 1 saturated carbocycles. The molecule has 1 fully saturated rings. The van der Waals surface area contributed by atoms with E-state index in [-0.39, 0.29) is 12.5 Å². The molecule has 1 atom stereocenters. The van der Waals surface area contributed by atoms with Gasteiger partial charge in [-0.2, -0.15) is 0 Å². The molecule has 0 unspecified atom stereocenters. The standard InChI is InChI=1S/C24H37FO3/c1-3-5-7-8-18-27-21-14-10-19(11-15-21)20-12-16-22(17-13-20)28-24(26)23(25)9-6-4-2/h10-11,14-15,20,22-23H,3-9,12-13,16-18H2,1-2H3/t20?,22?,23-/m0/s1. The molecule has 28 heavy (non-hydrogen) atoms. The molecule has 3 nitrogen and oxygen atoms in total. The number of alkyl halides is 1. The molecule has 0 N–H and O–H groups in total. The van der Waals surface area contributed by atoms with E-state index in [0.29, 0.717) is 5.92 Å². The number of esters is 1. The van der Waals surface area contributed by atoms with Crippen molar-refractivity contribution in [3.63, 3.8) is 0 Å². The van der Waals surface area contributed by atoms with Gasteiger partial charge in [0, 0.05) is 0 Å². The van der Waals surface area contributed by atoms with E-state index in [1.165, 1.54) is 24.8 Å². The first kappa shape index (κ1) is 22.7. The normalized spacial score (nSPS) is 20.5. The number of benzene rings is 1. The van der Waals surface area contributed by atoms with Gasteiger partial charge in [-0.1, -0.05) is 58.1 Å². The zero-order valence-corrected chi connectivity index (χ0v) is 17.6. The van der Waals surface area contributed by atoms with Crippen molar-refractivity contribution in [2.75, 3.05) is 6.61 Å². The average molecular weight is 393 g/mol. The quantitative estimate of drug-likeness (QED) is 0.292. The minimum atomic E-state index is -1.47. The molecule has 2 rings (SSSR count). The first-order valence-corrected chi connectivity index (χ1v) is 11.2. The van der Waals surface area contributed by atoms with Gasteiger partial charge in [0.25, 0.3) is 0 Å². The lowest BCUT2D eigenvalue weighted by Crippen LogP contribution is -2.28. The fourth-order valence-corrected chi connectivity index (χ4v) is 3.81. The Bertz CT molecular complexity index is 549. The molecule has 1 aliphatic rings. The number of unbranched alkanes of at least 4 members (excludes halogenated alkanes) is 4. The van der Waals surface area contributed by atoms with Crippen LogP contribution in [0.15, 0.2) is 24.3 Å². The first-order chi connectivity index (χ1) is 13.6. The Balaban J connectivity index is 1.70. The maximum absolute atomic E-state index is 13.8. The molecule has 0 bridgehead atoms. The highest BCUT2D eigenvalue weighted by molar-refractivity contribution is 5.74. The van der Waals surface area contributed by atoms with Crippen LogP contribution in [0.4, 0.5) is 4.39 Å². The second-order valence-electron chi connectivity index (χ2n) is 8.00. The highest BCUT2D eigenvalue weighted by atomic mass is 19.1. The summed E-state index contributed by atoms with van der Waals surface area (Å²) in [6, 6.07) is 8.42. The van der Waals surface area contributed by atoms with Crippen LogP contribution < -0.4 is 4.74 Å². The van der Waals surface area contributed by atoms with Gasteiger partial charge >= 0.3 is 5.97 Å². The summed E-state index contributed by atoms with van der Waals surface area (Å²) in [6.07, 6.45) is 8.71. The smallest absolute Gasteiger partial charge is 0.340 e. The minimum Gasteiger partial charge on any atom is -0.494 e. The van der Waals surface area contributed by atoms with Crippen LogP contribution in [0.3, 0.4) is 0 Å². The molecule has 0 spiro atoms. The third-order valence-electron chi connectivity index (χ3n) is 5.64. The average Bonchev–Trinajstić information content (AvgIpc) is 2.73. The Kier molecular flexibility index (Phi) is 10.4. The lowest BCUT2D eigenvalue weighted by molar-refractivity contribution is -0.157. The Morgan fingerprint density at radius 1 is 1.00 bits per heavy atom. The SMILES string of the molecule is CCCCCCOc1ccc(C2CCC(OC(=O)[C@@H](F)CCCC)CC2)cc1. The van der Waals surface area contributed by atoms with Gasteiger partial charge in [-0.05, 0) is 62.1 Å². The van der Waals surface area contributed by atoms with Crippen LogP contribution in [0, 0.1) is 0 Å². The van der Waals surface area contributed by atoms with Crippen LogP contribution in [0.25, 0.3) is 0 Å². The van der Waals surface area contributed by atoms with E-state index in [4.69, 9.17) is 9.47 Å². The van der Waals surface area contributed by atoms with Crippen molar-refractivity contribution in [1.29, 1.82) is 0 Å². The molecule has 0 heterocycles. The van der Waals surface area contributed by atoms with Crippen molar-refractivity contribution in [1.82, 2.24) is 0 Å². The van der Waals surface area contributed by atoms with Crippen LogP contribution in [-0.2, 0) is 9.53 Å². The maximum atomic E-state index is 13.8. The third-order valence-corrected chi connectivity index (χ3v) is 5.64. The highest BCUT2D eigenvalue weighted by Crippen LogP contribution is 2.35. The van der Waals surface area contributed by atoms with Gasteiger partial charge in [0.2, 0.25) is 0 Å². The summed E-state index contributed by atoms with van der Waals surface area (Å²) in [4.78, 5) is 11.8. The molecule has 0 aromatic heterocycles. The van der Waals surface area contributed by atoms with Gasteiger partial charge < -0.3 is 9.47 Å². The zero-order valence-electron chi connectivity index (χ0n) is 17.6. The van der Waals surface area contributed by atoms with E-state index in [0.717, 1.165) is 57.3 Å². The number of ether oxygens (including phenoxy) is 2. The van der Waals surface area contributed by atoms with Gasteiger partial charge in [-0.15, -0.1) is 0 Å². The molecule has 0 saturated heterocycles. The molecular weight excluding hydrogens is 355 g/mol. The summed E-state index contributed by atoms with van der Waals surface area (Å²) >= 11 is 0. The van der Waals surface area contributed by atoms with E-state index in [1.807, 2.05) is 6.92 Å². The summed E-state index contributed by atoms with van der Waals surface area (Å²) in [5.41, 5.74) is 1.31. The number of carbonyl (C=O) groups excluding carboxylic acids is 1. The van der Waals surface area contributed by atoms with Crippen molar-refractivity contribution in [2.45, 2.75) is 103 Å². The molecule has 0 amide bonds. The number of rotatable bonds is 12. The highest BCUT2D eigenvalue weighted by Gasteiger charge is 2.27. The molecule has 158 valence electrons. The molecule has 1 aliphatic carbocycles. The topological polar surface area (TPSA) is 35.5 Å². The first-order valence-electron chi connectivity index (χ1n) is 11.2. The summed E-state index contributed by atoms with van der Waals surface area (Å²) in [6.45, 7) is 4.98. The Morgan fingerprint density at radius 2 is 1.68 bits per heavy atom. The number of carbonyl (C=O) groups is 1. The van der Waals surface area contributed by atoms with Crippen LogP contribution in [-0.4, -0.2) is 24.9 Å². The summed E-state index contributed by atoms with van der Waals surface area (Å²) < 4.78 is 25.0. The number of halogens is 1. The van der Waals surface area contributed by atoms with Crippen molar-refractivity contribution < 1.29 is 18.7 Å². The second kappa shape index (κ2) is 12.8.